The Kier molecular flexibility index (Phi) is 4.27. The number of piperidine rings is 2. The van der Waals surface area contributed by atoms with Gasteiger partial charge in [0.1, 0.15) is 0 Å². The first kappa shape index (κ1) is 17.0. The Morgan fingerprint density at radius 3 is 2.89 bits per heavy atom. The molecule has 0 radical (unpaired) electrons. The number of carbonyl (C=O) groups excluding carboxylic acids is 1. The highest BCUT2D eigenvalue weighted by atomic mass is 16.2. The summed E-state index contributed by atoms with van der Waals surface area (Å²) in [6, 6.07) is 11.2. The molecule has 5 rings (SSSR count). The van der Waals surface area contributed by atoms with E-state index in [1.165, 1.54) is 31.2 Å². The van der Waals surface area contributed by atoms with Crippen molar-refractivity contribution < 1.29 is 4.79 Å². The summed E-state index contributed by atoms with van der Waals surface area (Å²) in [5.41, 5.74) is 2.77. The Labute approximate surface area is 161 Å². The van der Waals surface area contributed by atoms with E-state index in [4.69, 9.17) is 0 Å². The summed E-state index contributed by atoms with van der Waals surface area (Å²) >= 11 is 0. The van der Waals surface area contributed by atoms with Gasteiger partial charge in [0.25, 0.3) is 0 Å². The van der Waals surface area contributed by atoms with Gasteiger partial charge in [-0.2, -0.15) is 5.10 Å². The van der Waals surface area contributed by atoms with Crippen LogP contribution in [0.3, 0.4) is 0 Å². The number of benzene rings is 1. The van der Waals surface area contributed by atoms with Gasteiger partial charge in [-0.15, -0.1) is 0 Å². The average Bonchev–Trinajstić information content (AvgIpc) is 3.38. The lowest BCUT2D eigenvalue weighted by atomic mass is 9.73. The molecule has 0 bridgehead atoms. The van der Waals surface area contributed by atoms with Crippen LogP contribution in [0, 0.1) is 5.41 Å². The zero-order chi connectivity index (χ0) is 18.3. The van der Waals surface area contributed by atoms with Crippen molar-refractivity contribution >= 4 is 5.91 Å². The van der Waals surface area contributed by atoms with E-state index in [2.05, 4.69) is 39.2 Å². The van der Waals surface area contributed by atoms with E-state index in [9.17, 15) is 4.79 Å². The molecule has 1 aromatic heterocycles. The van der Waals surface area contributed by atoms with Crippen LogP contribution in [0.25, 0.3) is 5.69 Å². The summed E-state index contributed by atoms with van der Waals surface area (Å²) in [5.74, 6) is 0.396. The number of likely N-dealkylation sites (tertiary alicyclic amines) is 2. The zero-order valence-corrected chi connectivity index (χ0v) is 15.9. The van der Waals surface area contributed by atoms with Gasteiger partial charge in [-0.05, 0) is 62.4 Å². The number of rotatable bonds is 4. The molecule has 2 saturated heterocycles. The predicted octanol–water partition coefficient (Wildman–Crippen LogP) is 3.24. The maximum atomic E-state index is 12.3. The molecular weight excluding hydrogens is 336 g/mol. The molecule has 3 heterocycles. The minimum atomic E-state index is 0.314. The van der Waals surface area contributed by atoms with E-state index in [1.807, 2.05) is 23.1 Å². The van der Waals surface area contributed by atoms with Crippen LogP contribution in [0.15, 0.2) is 42.7 Å². The molecule has 1 unspecified atom stereocenters. The third kappa shape index (κ3) is 3.53. The minimum Gasteiger partial charge on any atom is -0.339 e. The number of amides is 1. The van der Waals surface area contributed by atoms with Gasteiger partial charge in [0.05, 0.1) is 5.69 Å². The van der Waals surface area contributed by atoms with Crippen LogP contribution in [0.1, 0.15) is 44.1 Å². The number of hydrogen-bond donors (Lipinski definition) is 0. The molecule has 2 aromatic rings. The molecule has 5 heteroatoms. The first-order chi connectivity index (χ1) is 13.2. The van der Waals surface area contributed by atoms with Crippen LogP contribution in [-0.4, -0.2) is 51.2 Å². The van der Waals surface area contributed by atoms with E-state index in [-0.39, 0.29) is 0 Å². The van der Waals surface area contributed by atoms with Crippen LogP contribution in [0.5, 0.6) is 0 Å². The second-order valence-electron chi connectivity index (χ2n) is 8.69. The fraction of sp³-hybridized carbons (Fsp3) is 0.545. The number of hydrogen-bond acceptors (Lipinski definition) is 3. The molecule has 2 aliphatic heterocycles. The van der Waals surface area contributed by atoms with Crippen molar-refractivity contribution in [3.63, 3.8) is 0 Å². The maximum Gasteiger partial charge on any atom is 0.222 e. The molecule has 1 spiro atoms. The number of nitrogens with zero attached hydrogens (tertiary/aromatic N) is 4. The molecule has 1 aliphatic carbocycles. The van der Waals surface area contributed by atoms with Crippen molar-refractivity contribution in [3.8, 4) is 5.69 Å². The smallest absolute Gasteiger partial charge is 0.222 e. The van der Waals surface area contributed by atoms with Crippen molar-refractivity contribution in [2.75, 3.05) is 19.6 Å². The van der Waals surface area contributed by atoms with E-state index >= 15 is 0 Å². The molecule has 5 nitrogen and oxygen atoms in total. The highest BCUT2D eigenvalue weighted by Crippen LogP contribution is 2.42. The summed E-state index contributed by atoms with van der Waals surface area (Å²) in [6.07, 6.45) is 10.6. The predicted molar refractivity (Wildman–Crippen MR) is 104 cm³/mol. The second-order valence-corrected chi connectivity index (χ2v) is 8.69. The lowest BCUT2D eigenvalue weighted by molar-refractivity contribution is -0.140. The van der Waals surface area contributed by atoms with Gasteiger partial charge in [0.2, 0.25) is 5.91 Å². The van der Waals surface area contributed by atoms with Gasteiger partial charge in [-0.25, -0.2) is 4.68 Å². The Hall–Kier alpha value is -2.14. The van der Waals surface area contributed by atoms with Gasteiger partial charge >= 0.3 is 0 Å². The SMILES string of the molecule is O=C1CCC2(CCCN(Cc3cccc(-n4cccn4)c3)C2)CN1C1CC1. The topological polar surface area (TPSA) is 41.4 Å². The monoisotopic (exact) mass is 364 g/mol. The highest BCUT2D eigenvalue weighted by molar-refractivity contribution is 5.78. The van der Waals surface area contributed by atoms with Gasteiger partial charge in [0, 0.05) is 49.9 Å². The van der Waals surface area contributed by atoms with Crippen molar-refractivity contribution in [1.29, 1.82) is 0 Å². The minimum absolute atomic E-state index is 0.314. The van der Waals surface area contributed by atoms with Gasteiger partial charge in [-0.3, -0.25) is 9.69 Å². The van der Waals surface area contributed by atoms with E-state index in [0.29, 0.717) is 17.4 Å². The Morgan fingerprint density at radius 1 is 1.15 bits per heavy atom. The summed E-state index contributed by atoms with van der Waals surface area (Å²) in [7, 11) is 0. The Morgan fingerprint density at radius 2 is 2.07 bits per heavy atom. The van der Waals surface area contributed by atoms with Gasteiger partial charge in [0.15, 0.2) is 0 Å². The molecular formula is C22H28N4O. The molecule has 0 N–H and O–H groups in total. The van der Waals surface area contributed by atoms with E-state index in [1.54, 1.807) is 0 Å². The molecule has 1 aromatic carbocycles. The molecule has 27 heavy (non-hydrogen) atoms. The molecule has 1 atom stereocenters. The molecule has 142 valence electrons. The first-order valence-electron chi connectivity index (χ1n) is 10.3. The van der Waals surface area contributed by atoms with Crippen molar-refractivity contribution in [2.45, 2.75) is 51.1 Å². The lowest BCUT2D eigenvalue weighted by Gasteiger charge is -2.48. The first-order valence-corrected chi connectivity index (χ1v) is 10.3. The van der Waals surface area contributed by atoms with Crippen LogP contribution in [-0.2, 0) is 11.3 Å². The van der Waals surface area contributed by atoms with Gasteiger partial charge in [-0.1, -0.05) is 12.1 Å². The van der Waals surface area contributed by atoms with Crippen LogP contribution >= 0.6 is 0 Å². The molecule has 3 fully saturated rings. The standard InChI is InChI=1S/C22H28N4O/c27-21-8-10-22(17-25(21)19-6-7-19)9-2-12-24(16-22)15-18-4-1-5-20(14-18)26-13-3-11-23-26/h1,3-5,11,13-14,19H,2,6-10,12,15-17H2. The molecule has 1 amide bonds. The number of aromatic nitrogens is 2. The fourth-order valence-electron chi connectivity index (χ4n) is 5.02. The third-order valence-corrected chi connectivity index (χ3v) is 6.51. The Bertz CT molecular complexity index is 813. The summed E-state index contributed by atoms with van der Waals surface area (Å²) in [6.45, 7) is 4.25. The van der Waals surface area contributed by atoms with Crippen LogP contribution in [0.4, 0.5) is 0 Å². The van der Waals surface area contributed by atoms with E-state index in [0.717, 1.165) is 44.7 Å². The largest absolute Gasteiger partial charge is 0.339 e. The summed E-state index contributed by atoms with van der Waals surface area (Å²) < 4.78 is 1.92. The zero-order valence-electron chi connectivity index (χ0n) is 15.9. The van der Waals surface area contributed by atoms with Crippen LogP contribution in [0.2, 0.25) is 0 Å². The summed E-state index contributed by atoms with van der Waals surface area (Å²) in [5, 5.41) is 4.35. The average molecular weight is 364 g/mol. The van der Waals surface area contributed by atoms with Crippen LogP contribution < -0.4 is 0 Å². The van der Waals surface area contributed by atoms with Gasteiger partial charge < -0.3 is 4.90 Å². The highest BCUT2D eigenvalue weighted by Gasteiger charge is 2.45. The fourth-order valence-corrected chi connectivity index (χ4v) is 5.02. The quantitative estimate of drug-likeness (QED) is 0.836. The summed E-state index contributed by atoms with van der Waals surface area (Å²) in [4.78, 5) is 17.1. The Balaban J connectivity index is 1.29. The molecule has 3 aliphatic rings. The number of carbonyl (C=O) groups is 1. The second kappa shape index (κ2) is 6.79. The maximum absolute atomic E-state index is 12.3. The third-order valence-electron chi connectivity index (χ3n) is 6.51. The van der Waals surface area contributed by atoms with Crippen molar-refractivity contribution in [3.05, 3.63) is 48.3 Å². The normalized spacial score (nSPS) is 26.7. The van der Waals surface area contributed by atoms with Crippen molar-refractivity contribution in [1.82, 2.24) is 19.6 Å². The lowest BCUT2D eigenvalue weighted by Crippen LogP contribution is -2.54. The molecule has 1 saturated carbocycles. The van der Waals surface area contributed by atoms with E-state index < -0.39 is 0 Å². The van der Waals surface area contributed by atoms with Crippen molar-refractivity contribution in [2.24, 2.45) is 5.41 Å².